The van der Waals surface area contributed by atoms with Gasteiger partial charge in [-0.05, 0) is 37.5 Å². The number of Topliss-reactive ketones (excluding diaryl/α,β-unsaturated/α-hetero) is 1. The van der Waals surface area contributed by atoms with Crippen molar-refractivity contribution in [3.05, 3.63) is 29.3 Å². The van der Waals surface area contributed by atoms with E-state index in [1.54, 1.807) is 7.11 Å². The molecule has 0 bridgehead atoms. The summed E-state index contributed by atoms with van der Waals surface area (Å²) in [6, 6.07) is 5.74. The van der Waals surface area contributed by atoms with Gasteiger partial charge in [0.15, 0.2) is 5.78 Å². The number of ether oxygens (including phenoxy) is 1. The predicted molar refractivity (Wildman–Crippen MR) is 66.1 cm³/mol. The highest BCUT2D eigenvalue weighted by Gasteiger charge is 2.19. The van der Waals surface area contributed by atoms with Gasteiger partial charge >= 0.3 is 0 Å². The van der Waals surface area contributed by atoms with Crippen LogP contribution in [0.3, 0.4) is 0 Å². The van der Waals surface area contributed by atoms with E-state index in [-0.39, 0.29) is 11.7 Å². The molecule has 1 aromatic carbocycles. The molecule has 2 heteroatoms. The molecule has 0 atom stereocenters. The van der Waals surface area contributed by atoms with Crippen molar-refractivity contribution in [3.8, 4) is 5.75 Å². The van der Waals surface area contributed by atoms with E-state index < -0.39 is 0 Å². The first-order valence-corrected chi connectivity index (χ1v) is 5.82. The van der Waals surface area contributed by atoms with Crippen molar-refractivity contribution in [2.75, 3.05) is 7.11 Å². The van der Waals surface area contributed by atoms with E-state index in [0.717, 1.165) is 18.4 Å². The largest absolute Gasteiger partial charge is 0.496 e. The first-order chi connectivity index (χ1) is 7.63. The summed E-state index contributed by atoms with van der Waals surface area (Å²) in [6.07, 6.45) is 1.76. The van der Waals surface area contributed by atoms with Crippen LogP contribution in [-0.4, -0.2) is 12.9 Å². The Hall–Kier alpha value is -1.31. The third-order valence-corrected chi connectivity index (χ3v) is 2.98. The predicted octanol–water partition coefficient (Wildman–Crippen LogP) is 3.62. The molecule has 88 valence electrons. The third kappa shape index (κ3) is 2.63. The number of hydrogen-bond donors (Lipinski definition) is 0. The molecule has 0 amide bonds. The van der Waals surface area contributed by atoms with Gasteiger partial charge in [0.25, 0.3) is 0 Å². The summed E-state index contributed by atoms with van der Waals surface area (Å²) in [7, 11) is 1.61. The summed E-state index contributed by atoms with van der Waals surface area (Å²) in [5, 5.41) is 0. The average molecular weight is 220 g/mol. The topological polar surface area (TPSA) is 26.3 Å². The van der Waals surface area contributed by atoms with Crippen molar-refractivity contribution >= 4 is 5.78 Å². The van der Waals surface area contributed by atoms with Gasteiger partial charge in [-0.15, -0.1) is 0 Å². The van der Waals surface area contributed by atoms with E-state index >= 15 is 0 Å². The van der Waals surface area contributed by atoms with Crippen molar-refractivity contribution in [3.63, 3.8) is 0 Å². The number of rotatable bonds is 5. The summed E-state index contributed by atoms with van der Waals surface area (Å²) in [5.41, 5.74) is 1.82. The van der Waals surface area contributed by atoms with E-state index in [1.165, 1.54) is 0 Å². The second-order valence-corrected chi connectivity index (χ2v) is 4.08. The molecule has 0 fully saturated rings. The second-order valence-electron chi connectivity index (χ2n) is 4.08. The van der Waals surface area contributed by atoms with Gasteiger partial charge in [-0.25, -0.2) is 0 Å². The second kappa shape index (κ2) is 5.69. The molecule has 1 rings (SSSR count). The molecule has 2 nitrogen and oxygen atoms in total. The van der Waals surface area contributed by atoms with Crippen LogP contribution in [0.5, 0.6) is 5.75 Å². The molecule has 0 radical (unpaired) electrons. The van der Waals surface area contributed by atoms with Crippen LogP contribution < -0.4 is 4.74 Å². The zero-order valence-electron chi connectivity index (χ0n) is 10.5. The quantitative estimate of drug-likeness (QED) is 0.708. The monoisotopic (exact) mass is 220 g/mol. The molecule has 0 aliphatic heterocycles. The molecule has 0 aliphatic carbocycles. The zero-order valence-corrected chi connectivity index (χ0v) is 10.5. The Balaban J connectivity index is 3.07. The molecular formula is C14H20O2. The minimum atomic E-state index is 0.108. The maximum Gasteiger partial charge on any atom is 0.169 e. The molecule has 0 saturated carbocycles. The van der Waals surface area contributed by atoms with Crippen LogP contribution >= 0.6 is 0 Å². The van der Waals surface area contributed by atoms with Crippen LogP contribution in [0, 0.1) is 12.8 Å². The molecule has 0 aromatic heterocycles. The number of aryl methyl sites for hydroxylation is 1. The van der Waals surface area contributed by atoms with Gasteiger partial charge < -0.3 is 4.74 Å². The van der Waals surface area contributed by atoms with Gasteiger partial charge in [-0.1, -0.05) is 19.9 Å². The highest BCUT2D eigenvalue weighted by molar-refractivity contribution is 6.00. The van der Waals surface area contributed by atoms with Gasteiger partial charge in [0.05, 0.1) is 12.7 Å². The summed E-state index contributed by atoms with van der Waals surface area (Å²) in [6.45, 7) is 6.09. The Labute approximate surface area is 97.6 Å². The lowest BCUT2D eigenvalue weighted by molar-refractivity contribution is 0.0910. The lowest BCUT2D eigenvalue weighted by Crippen LogP contribution is -2.14. The first kappa shape index (κ1) is 12.8. The Morgan fingerprint density at radius 1 is 1.31 bits per heavy atom. The fraction of sp³-hybridized carbons (Fsp3) is 0.500. The maximum absolute atomic E-state index is 12.2. The normalized spacial score (nSPS) is 10.6. The molecule has 0 spiro atoms. The van der Waals surface area contributed by atoms with E-state index in [0.29, 0.717) is 11.3 Å². The Morgan fingerprint density at radius 3 is 2.44 bits per heavy atom. The van der Waals surface area contributed by atoms with E-state index in [9.17, 15) is 4.79 Å². The molecule has 0 unspecified atom stereocenters. The fourth-order valence-corrected chi connectivity index (χ4v) is 1.88. The smallest absolute Gasteiger partial charge is 0.169 e. The van der Waals surface area contributed by atoms with Gasteiger partial charge in [0.2, 0.25) is 0 Å². The number of hydrogen-bond acceptors (Lipinski definition) is 2. The van der Waals surface area contributed by atoms with Crippen molar-refractivity contribution in [1.82, 2.24) is 0 Å². The van der Waals surface area contributed by atoms with Gasteiger partial charge in [-0.2, -0.15) is 0 Å². The summed E-state index contributed by atoms with van der Waals surface area (Å²) in [5.74, 6) is 0.996. The van der Waals surface area contributed by atoms with Gasteiger partial charge in [0.1, 0.15) is 5.75 Å². The fourth-order valence-electron chi connectivity index (χ4n) is 1.88. The van der Waals surface area contributed by atoms with E-state index in [4.69, 9.17) is 4.74 Å². The standard InChI is InChI=1S/C14H20O2/c1-5-11(6-2)14(15)12-8-7-10(3)9-13(12)16-4/h7-9,11H,5-6H2,1-4H3. The zero-order chi connectivity index (χ0) is 12.1. The van der Waals surface area contributed by atoms with E-state index in [1.807, 2.05) is 39.0 Å². The highest BCUT2D eigenvalue weighted by Crippen LogP contribution is 2.25. The lowest BCUT2D eigenvalue weighted by atomic mass is 9.92. The molecule has 1 aromatic rings. The van der Waals surface area contributed by atoms with Crippen LogP contribution in [0.15, 0.2) is 18.2 Å². The van der Waals surface area contributed by atoms with Crippen molar-refractivity contribution in [1.29, 1.82) is 0 Å². The molecule has 0 saturated heterocycles. The maximum atomic E-state index is 12.2. The number of ketones is 1. The van der Waals surface area contributed by atoms with Gasteiger partial charge in [-0.3, -0.25) is 4.79 Å². The minimum absolute atomic E-state index is 0.108. The van der Waals surface area contributed by atoms with Crippen molar-refractivity contribution in [2.24, 2.45) is 5.92 Å². The number of carbonyl (C=O) groups is 1. The average Bonchev–Trinajstić information content (AvgIpc) is 2.30. The Kier molecular flexibility index (Phi) is 4.53. The summed E-state index contributed by atoms with van der Waals surface area (Å²) in [4.78, 5) is 12.2. The Bertz CT molecular complexity index is 365. The van der Waals surface area contributed by atoms with Crippen LogP contribution in [0.4, 0.5) is 0 Å². The number of methoxy groups -OCH3 is 1. The van der Waals surface area contributed by atoms with Crippen LogP contribution in [0.25, 0.3) is 0 Å². The van der Waals surface area contributed by atoms with Crippen LogP contribution in [0.2, 0.25) is 0 Å². The van der Waals surface area contributed by atoms with Crippen LogP contribution in [-0.2, 0) is 0 Å². The SMILES string of the molecule is CCC(CC)C(=O)c1ccc(C)cc1OC. The van der Waals surface area contributed by atoms with Crippen LogP contribution in [0.1, 0.15) is 42.6 Å². The summed E-state index contributed by atoms with van der Waals surface area (Å²) >= 11 is 0. The Morgan fingerprint density at radius 2 is 1.94 bits per heavy atom. The summed E-state index contributed by atoms with van der Waals surface area (Å²) < 4.78 is 5.27. The van der Waals surface area contributed by atoms with Gasteiger partial charge in [0, 0.05) is 5.92 Å². The number of carbonyl (C=O) groups excluding carboxylic acids is 1. The van der Waals surface area contributed by atoms with E-state index in [2.05, 4.69) is 0 Å². The molecule has 0 heterocycles. The minimum Gasteiger partial charge on any atom is -0.496 e. The molecule has 16 heavy (non-hydrogen) atoms. The highest BCUT2D eigenvalue weighted by atomic mass is 16.5. The van der Waals surface area contributed by atoms with Crippen molar-refractivity contribution < 1.29 is 9.53 Å². The molecule has 0 aliphatic rings. The molecule has 0 N–H and O–H groups in total. The third-order valence-electron chi connectivity index (χ3n) is 2.98. The lowest BCUT2D eigenvalue weighted by Gasteiger charge is -2.14. The van der Waals surface area contributed by atoms with Crippen molar-refractivity contribution in [2.45, 2.75) is 33.6 Å². The molecular weight excluding hydrogens is 200 g/mol. The first-order valence-electron chi connectivity index (χ1n) is 5.82. The number of benzene rings is 1.